The monoisotopic (exact) mass is 350 g/mol. The Labute approximate surface area is 131 Å². The van der Waals surface area contributed by atoms with E-state index < -0.39 is 0 Å². The third-order valence-electron chi connectivity index (χ3n) is 2.90. The Bertz CT molecular complexity index is 292. The van der Waals surface area contributed by atoms with E-state index in [9.17, 15) is 4.79 Å². The van der Waals surface area contributed by atoms with Crippen LogP contribution in [-0.4, -0.2) is 37.4 Å². The Balaban J connectivity index is 3.92. The molecule has 0 bridgehead atoms. The molecule has 118 valence electrons. The van der Waals surface area contributed by atoms with Crippen LogP contribution in [0.3, 0.4) is 0 Å². The van der Waals surface area contributed by atoms with Gasteiger partial charge in [0.15, 0.2) is 6.29 Å². The van der Waals surface area contributed by atoms with Crippen molar-refractivity contribution in [1.82, 2.24) is 0 Å². The molecule has 5 heteroatoms. The van der Waals surface area contributed by atoms with Gasteiger partial charge in [0.25, 0.3) is 0 Å². The summed E-state index contributed by atoms with van der Waals surface area (Å²) in [5.41, 5.74) is 1.21. The summed E-state index contributed by atoms with van der Waals surface area (Å²) >= 11 is 3.45. The fraction of sp³-hybridized carbons (Fsp3) is 0.800. The predicted molar refractivity (Wildman–Crippen MR) is 84.0 cm³/mol. The Kier molecular flexibility index (Phi) is 12.1. The van der Waals surface area contributed by atoms with Gasteiger partial charge in [0.05, 0.1) is 12.7 Å². The second kappa shape index (κ2) is 12.4. The molecular formula is C15H27BrO4. The van der Waals surface area contributed by atoms with Crippen LogP contribution in [0.25, 0.3) is 0 Å². The lowest BCUT2D eigenvalue weighted by Gasteiger charge is -2.19. The average Bonchev–Trinajstić information content (AvgIpc) is 2.44. The number of methoxy groups -OCH3 is 1. The van der Waals surface area contributed by atoms with Gasteiger partial charge in [-0.1, -0.05) is 27.6 Å². The fourth-order valence-corrected chi connectivity index (χ4v) is 2.13. The van der Waals surface area contributed by atoms with Crippen LogP contribution in [0.2, 0.25) is 0 Å². The Morgan fingerprint density at radius 1 is 1.35 bits per heavy atom. The van der Waals surface area contributed by atoms with Gasteiger partial charge in [-0.15, -0.1) is 0 Å². The highest BCUT2D eigenvalue weighted by Crippen LogP contribution is 2.13. The van der Waals surface area contributed by atoms with E-state index in [1.165, 1.54) is 5.57 Å². The molecule has 0 aliphatic heterocycles. The molecule has 0 saturated heterocycles. The zero-order valence-corrected chi connectivity index (χ0v) is 14.6. The van der Waals surface area contributed by atoms with Crippen LogP contribution >= 0.6 is 15.9 Å². The van der Waals surface area contributed by atoms with Crippen molar-refractivity contribution in [2.45, 2.75) is 58.8 Å². The third-order valence-corrected chi connectivity index (χ3v) is 3.62. The van der Waals surface area contributed by atoms with Crippen LogP contribution in [-0.2, 0) is 19.0 Å². The molecule has 0 aromatic rings. The molecule has 0 spiro atoms. The molecule has 0 aromatic carbocycles. The second-order valence-corrected chi connectivity index (χ2v) is 5.30. The molecule has 2 atom stereocenters. The molecule has 0 heterocycles. The molecule has 20 heavy (non-hydrogen) atoms. The lowest BCUT2D eigenvalue weighted by atomic mass is 10.1. The SMILES string of the molecule is CCOC(=O)CCC(C)=CCCC(CBr)OC(C)OC. The fourth-order valence-electron chi connectivity index (χ4n) is 1.66. The average molecular weight is 351 g/mol. The van der Waals surface area contributed by atoms with Crippen molar-refractivity contribution < 1.29 is 19.0 Å². The maximum atomic E-state index is 11.2. The summed E-state index contributed by atoms with van der Waals surface area (Å²) in [5.74, 6) is -0.129. The number of hydrogen-bond donors (Lipinski definition) is 0. The molecular weight excluding hydrogens is 324 g/mol. The summed E-state index contributed by atoms with van der Waals surface area (Å²) in [6, 6.07) is 0. The van der Waals surface area contributed by atoms with Gasteiger partial charge in [-0.05, 0) is 40.0 Å². The van der Waals surface area contributed by atoms with Crippen molar-refractivity contribution in [1.29, 1.82) is 0 Å². The molecule has 0 fully saturated rings. The van der Waals surface area contributed by atoms with Crippen molar-refractivity contribution in [3.63, 3.8) is 0 Å². The van der Waals surface area contributed by atoms with Crippen LogP contribution in [0.4, 0.5) is 0 Å². The number of esters is 1. The Hall–Kier alpha value is -0.390. The zero-order chi connectivity index (χ0) is 15.4. The van der Waals surface area contributed by atoms with Crippen molar-refractivity contribution in [2.24, 2.45) is 0 Å². The van der Waals surface area contributed by atoms with E-state index in [1.54, 1.807) is 7.11 Å². The van der Waals surface area contributed by atoms with E-state index in [-0.39, 0.29) is 18.4 Å². The van der Waals surface area contributed by atoms with Crippen LogP contribution in [0.5, 0.6) is 0 Å². The Morgan fingerprint density at radius 3 is 2.60 bits per heavy atom. The molecule has 0 amide bonds. The van der Waals surface area contributed by atoms with E-state index >= 15 is 0 Å². The first-order valence-electron chi connectivity index (χ1n) is 7.08. The van der Waals surface area contributed by atoms with Gasteiger partial charge in [-0.3, -0.25) is 4.79 Å². The van der Waals surface area contributed by atoms with Crippen LogP contribution in [0.1, 0.15) is 46.5 Å². The zero-order valence-electron chi connectivity index (χ0n) is 13.0. The highest BCUT2D eigenvalue weighted by Gasteiger charge is 2.10. The topological polar surface area (TPSA) is 44.8 Å². The van der Waals surface area contributed by atoms with Gasteiger partial charge >= 0.3 is 5.97 Å². The van der Waals surface area contributed by atoms with Gasteiger partial charge in [-0.2, -0.15) is 0 Å². The van der Waals surface area contributed by atoms with E-state index in [1.807, 2.05) is 20.8 Å². The predicted octanol–water partition coefficient (Wildman–Crippen LogP) is 3.83. The van der Waals surface area contributed by atoms with E-state index in [0.29, 0.717) is 13.0 Å². The van der Waals surface area contributed by atoms with Gasteiger partial charge in [0, 0.05) is 18.9 Å². The summed E-state index contributed by atoms with van der Waals surface area (Å²) in [6.45, 7) is 6.20. The van der Waals surface area contributed by atoms with Crippen molar-refractivity contribution in [3.05, 3.63) is 11.6 Å². The molecule has 0 N–H and O–H groups in total. The highest BCUT2D eigenvalue weighted by atomic mass is 79.9. The first-order valence-corrected chi connectivity index (χ1v) is 8.21. The minimum absolute atomic E-state index is 0.129. The maximum Gasteiger partial charge on any atom is 0.306 e. The molecule has 4 nitrogen and oxygen atoms in total. The summed E-state index contributed by atoms with van der Waals surface area (Å²) in [7, 11) is 1.63. The number of carbonyl (C=O) groups is 1. The number of allylic oxidation sites excluding steroid dienone is 2. The first-order chi connectivity index (χ1) is 9.53. The summed E-state index contributed by atoms with van der Waals surface area (Å²) in [4.78, 5) is 11.2. The smallest absolute Gasteiger partial charge is 0.306 e. The van der Waals surface area contributed by atoms with Crippen LogP contribution in [0.15, 0.2) is 11.6 Å². The van der Waals surface area contributed by atoms with E-state index in [0.717, 1.165) is 24.6 Å². The molecule has 0 aliphatic rings. The van der Waals surface area contributed by atoms with Gasteiger partial charge < -0.3 is 14.2 Å². The summed E-state index contributed by atoms with van der Waals surface area (Å²) < 4.78 is 15.7. The molecule has 0 radical (unpaired) electrons. The number of halogens is 1. The van der Waals surface area contributed by atoms with Gasteiger partial charge in [0.2, 0.25) is 0 Å². The lowest BCUT2D eigenvalue weighted by Crippen LogP contribution is -2.22. The third kappa shape index (κ3) is 10.4. The minimum Gasteiger partial charge on any atom is -0.466 e. The Morgan fingerprint density at radius 2 is 2.05 bits per heavy atom. The second-order valence-electron chi connectivity index (χ2n) is 4.65. The minimum atomic E-state index is -0.188. The van der Waals surface area contributed by atoms with E-state index in [2.05, 4.69) is 22.0 Å². The quantitative estimate of drug-likeness (QED) is 0.246. The molecule has 0 saturated carbocycles. The van der Waals surface area contributed by atoms with Crippen molar-refractivity contribution in [3.8, 4) is 0 Å². The largest absolute Gasteiger partial charge is 0.466 e. The number of ether oxygens (including phenoxy) is 3. The first kappa shape index (κ1) is 19.6. The van der Waals surface area contributed by atoms with Crippen LogP contribution < -0.4 is 0 Å². The summed E-state index contributed by atoms with van der Waals surface area (Å²) in [6.07, 6.45) is 5.18. The highest BCUT2D eigenvalue weighted by molar-refractivity contribution is 9.09. The standard InChI is InChI=1S/C15H27BrO4/c1-5-19-15(17)10-9-12(2)7-6-8-14(11-16)20-13(3)18-4/h7,13-14H,5-6,8-11H2,1-4H3. The van der Waals surface area contributed by atoms with Crippen molar-refractivity contribution >= 4 is 21.9 Å². The number of hydrogen-bond acceptors (Lipinski definition) is 4. The van der Waals surface area contributed by atoms with E-state index in [4.69, 9.17) is 14.2 Å². The number of rotatable bonds is 11. The van der Waals surface area contributed by atoms with Gasteiger partial charge in [-0.25, -0.2) is 0 Å². The summed E-state index contributed by atoms with van der Waals surface area (Å²) in [5, 5.41) is 0.788. The maximum absolute atomic E-state index is 11.2. The number of alkyl halides is 1. The normalized spacial score (nSPS) is 14.9. The lowest BCUT2D eigenvalue weighted by molar-refractivity contribution is -0.143. The molecule has 0 rings (SSSR count). The molecule has 0 aliphatic carbocycles. The number of carbonyl (C=O) groups excluding carboxylic acids is 1. The molecule has 2 unspecified atom stereocenters. The van der Waals surface area contributed by atoms with Gasteiger partial charge in [0.1, 0.15) is 0 Å². The molecule has 0 aromatic heterocycles. The van der Waals surface area contributed by atoms with Crippen molar-refractivity contribution in [2.75, 3.05) is 19.0 Å². The van der Waals surface area contributed by atoms with Crippen LogP contribution in [0, 0.1) is 0 Å².